The third-order valence-electron chi connectivity index (χ3n) is 3.91. The molecule has 0 bridgehead atoms. The number of ether oxygens (including phenoxy) is 2. The quantitative estimate of drug-likeness (QED) is 0.761. The fraction of sp³-hybridized carbons (Fsp3) is 0.588. The second-order valence-electron chi connectivity index (χ2n) is 7.37. The number of amides is 1. The van der Waals surface area contributed by atoms with Crippen molar-refractivity contribution in [2.45, 2.75) is 49.8 Å². The number of likely N-dealkylation sites (tertiary alicyclic amines) is 1. The van der Waals surface area contributed by atoms with E-state index >= 15 is 0 Å². The van der Waals surface area contributed by atoms with Gasteiger partial charge in [-0.3, -0.25) is 0 Å². The summed E-state index contributed by atoms with van der Waals surface area (Å²) in [6.45, 7) is 5.75. The molecule has 27 heavy (non-hydrogen) atoms. The van der Waals surface area contributed by atoms with Crippen LogP contribution in [0.5, 0.6) is 0 Å². The van der Waals surface area contributed by atoms with Gasteiger partial charge >= 0.3 is 6.09 Å². The van der Waals surface area contributed by atoms with E-state index in [4.69, 9.17) is 32.7 Å². The molecule has 7 nitrogen and oxygen atoms in total. The van der Waals surface area contributed by atoms with Crippen LogP contribution in [0.3, 0.4) is 0 Å². The van der Waals surface area contributed by atoms with Gasteiger partial charge in [-0.15, -0.1) is 0 Å². The molecule has 1 aliphatic heterocycles. The largest absolute Gasteiger partial charge is 0.444 e. The number of sulfonamides is 1. The van der Waals surface area contributed by atoms with Gasteiger partial charge in [0, 0.05) is 24.7 Å². The fourth-order valence-electron chi connectivity index (χ4n) is 2.86. The normalized spacial score (nSPS) is 20.7. The van der Waals surface area contributed by atoms with E-state index in [1.807, 2.05) is 0 Å². The molecular formula is C17H24Cl2N2O5S. The fourth-order valence-corrected chi connectivity index (χ4v) is 4.87. The molecule has 1 aromatic carbocycles. The molecule has 0 unspecified atom stereocenters. The van der Waals surface area contributed by atoms with Crippen molar-refractivity contribution in [2.24, 2.45) is 0 Å². The Morgan fingerprint density at radius 2 is 2.00 bits per heavy atom. The molecule has 2 atom stereocenters. The molecule has 1 aromatic rings. The summed E-state index contributed by atoms with van der Waals surface area (Å²) >= 11 is 11.9. The highest BCUT2D eigenvalue weighted by Gasteiger charge is 2.39. The second kappa shape index (κ2) is 8.53. The summed E-state index contributed by atoms with van der Waals surface area (Å²) in [5.41, 5.74) is -0.652. The van der Waals surface area contributed by atoms with Crippen LogP contribution in [-0.4, -0.2) is 57.4 Å². The lowest BCUT2D eigenvalue weighted by molar-refractivity contribution is 0.0147. The van der Waals surface area contributed by atoms with E-state index in [-0.39, 0.29) is 34.1 Å². The van der Waals surface area contributed by atoms with Crippen molar-refractivity contribution in [1.29, 1.82) is 0 Å². The van der Waals surface area contributed by atoms with Crippen molar-refractivity contribution in [3.05, 3.63) is 28.2 Å². The summed E-state index contributed by atoms with van der Waals surface area (Å²) in [6.07, 6.45) is -0.114. The van der Waals surface area contributed by atoms with Crippen LogP contribution in [0.1, 0.15) is 27.2 Å². The summed E-state index contributed by atoms with van der Waals surface area (Å²) in [5, 5.41) is 0.334. The average Bonchev–Trinajstić information content (AvgIpc) is 2.90. The van der Waals surface area contributed by atoms with E-state index in [1.54, 1.807) is 20.8 Å². The summed E-state index contributed by atoms with van der Waals surface area (Å²) in [7, 11) is -2.38. The summed E-state index contributed by atoms with van der Waals surface area (Å²) in [6, 6.07) is 3.43. The highest BCUT2D eigenvalue weighted by molar-refractivity contribution is 7.89. The molecular weight excluding hydrogens is 415 g/mol. The lowest BCUT2D eigenvalue weighted by atomic mass is 10.2. The maximum absolute atomic E-state index is 12.7. The minimum atomic E-state index is -3.91. The van der Waals surface area contributed by atoms with E-state index < -0.39 is 27.8 Å². The van der Waals surface area contributed by atoms with Gasteiger partial charge in [0.05, 0.1) is 17.7 Å². The van der Waals surface area contributed by atoms with Crippen molar-refractivity contribution >= 4 is 39.3 Å². The minimum Gasteiger partial charge on any atom is -0.444 e. The number of halogens is 2. The average molecular weight is 439 g/mol. The van der Waals surface area contributed by atoms with Crippen molar-refractivity contribution < 1.29 is 22.7 Å². The van der Waals surface area contributed by atoms with E-state index in [0.717, 1.165) is 0 Å². The zero-order chi connectivity index (χ0) is 20.4. The summed E-state index contributed by atoms with van der Waals surface area (Å²) < 4.78 is 38.6. The van der Waals surface area contributed by atoms with Gasteiger partial charge in [-0.05, 0) is 45.4 Å². The zero-order valence-corrected chi connectivity index (χ0v) is 18.0. The molecule has 0 aliphatic carbocycles. The Balaban J connectivity index is 2.17. The molecule has 0 saturated carbocycles. The van der Waals surface area contributed by atoms with Crippen LogP contribution in [-0.2, 0) is 19.5 Å². The smallest absolute Gasteiger partial charge is 0.410 e. The monoisotopic (exact) mass is 438 g/mol. The SMILES string of the molecule is COC[C@H]1C[C@@H](NS(=O)(=O)c2cc(Cl)ccc2Cl)CN1C(=O)OC(C)(C)C. The molecule has 0 aromatic heterocycles. The van der Waals surface area contributed by atoms with Crippen LogP contribution in [0.2, 0.25) is 10.0 Å². The van der Waals surface area contributed by atoms with Gasteiger partial charge in [-0.25, -0.2) is 17.9 Å². The lowest BCUT2D eigenvalue weighted by Crippen LogP contribution is -2.43. The topological polar surface area (TPSA) is 84.9 Å². The molecule has 1 aliphatic rings. The van der Waals surface area contributed by atoms with Crippen LogP contribution in [0.4, 0.5) is 4.79 Å². The predicted molar refractivity (Wildman–Crippen MR) is 104 cm³/mol. The van der Waals surface area contributed by atoms with E-state index in [1.165, 1.54) is 30.2 Å². The number of nitrogens with one attached hydrogen (secondary N) is 1. The van der Waals surface area contributed by atoms with Gasteiger partial charge in [0.1, 0.15) is 10.5 Å². The Kier molecular flexibility index (Phi) is 7.02. The van der Waals surface area contributed by atoms with Gasteiger partial charge < -0.3 is 14.4 Å². The number of nitrogens with zero attached hydrogens (tertiary/aromatic N) is 1. The maximum Gasteiger partial charge on any atom is 0.410 e. The number of carbonyl (C=O) groups is 1. The Hall–Kier alpha value is -1.06. The lowest BCUT2D eigenvalue weighted by Gasteiger charge is -2.28. The molecule has 1 heterocycles. The first-order chi connectivity index (χ1) is 12.4. The number of hydrogen-bond donors (Lipinski definition) is 1. The van der Waals surface area contributed by atoms with Crippen molar-refractivity contribution in [3.63, 3.8) is 0 Å². The van der Waals surface area contributed by atoms with Gasteiger partial charge in [0.2, 0.25) is 10.0 Å². The number of hydrogen-bond acceptors (Lipinski definition) is 5. The van der Waals surface area contributed by atoms with Crippen molar-refractivity contribution in [1.82, 2.24) is 9.62 Å². The number of methoxy groups -OCH3 is 1. The van der Waals surface area contributed by atoms with Crippen LogP contribution < -0.4 is 4.72 Å². The van der Waals surface area contributed by atoms with E-state index in [9.17, 15) is 13.2 Å². The molecule has 1 N–H and O–H groups in total. The van der Waals surface area contributed by atoms with Gasteiger partial charge in [0.25, 0.3) is 0 Å². The Morgan fingerprint density at radius 3 is 2.59 bits per heavy atom. The zero-order valence-electron chi connectivity index (χ0n) is 15.7. The number of benzene rings is 1. The Labute approximate surface area is 170 Å². The van der Waals surface area contributed by atoms with Crippen molar-refractivity contribution in [2.75, 3.05) is 20.3 Å². The highest BCUT2D eigenvalue weighted by atomic mass is 35.5. The van der Waals surface area contributed by atoms with E-state index in [0.29, 0.717) is 6.42 Å². The molecule has 1 amide bonds. The third kappa shape index (κ3) is 5.96. The Morgan fingerprint density at radius 1 is 1.33 bits per heavy atom. The van der Waals surface area contributed by atoms with Crippen molar-refractivity contribution in [3.8, 4) is 0 Å². The predicted octanol–water partition coefficient (Wildman–Crippen LogP) is 3.30. The first kappa shape index (κ1) is 22.2. The first-order valence-corrected chi connectivity index (χ1v) is 10.6. The van der Waals surface area contributed by atoms with Gasteiger partial charge in [-0.2, -0.15) is 0 Å². The van der Waals surface area contributed by atoms with Gasteiger partial charge in [-0.1, -0.05) is 23.2 Å². The first-order valence-electron chi connectivity index (χ1n) is 8.39. The van der Waals surface area contributed by atoms with E-state index in [2.05, 4.69) is 4.72 Å². The minimum absolute atomic E-state index is 0.0716. The number of carbonyl (C=O) groups excluding carboxylic acids is 1. The van der Waals surface area contributed by atoms with Crippen LogP contribution in [0.25, 0.3) is 0 Å². The summed E-state index contributed by atoms with van der Waals surface area (Å²) in [4.78, 5) is 13.8. The number of rotatable bonds is 5. The highest BCUT2D eigenvalue weighted by Crippen LogP contribution is 2.27. The molecule has 0 radical (unpaired) electrons. The molecule has 152 valence electrons. The molecule has 1 saturated heterocycles. The summed E-state index contributed by atoms with van der Waals surface area (Å²) in [5.74, 6) is 0. The molecule has 2 rings (SSSR count). The maximum atomic E-state index is 12.7. The standard InChI is InChI=1S/C17H24Cl2N2O5S/c1-17(2,3)26-16(22)21-9-12(8-13(21)10-25-4)20-27(23,24)15-7-11(18)5-6-14(15)19/h5-7,12-13,20H,8-10H2,1-4H3/t12-,13-/m1/s1. The van der Waals surface area contributed by atoms with Gasteiger partial charge in [0.15, 0.2) is 0 Å². The molecule has 1 fully saturated rings. The molecule has 10 heteroatoms. The van der Waals surface area contributed by atoms with Crippen LogP contribution >= 0.6 is 23.2 Å². The van der Waals surface area contributed by atoms with Crippen LogP contribution in [0.15, 0.2) is 23.1 Å². The Bertz CT molecular complexity index is 795. The molecule has 0 spiro atoms. The second-order valence-corrected chi connectivity index (χ2v) is 9.90. The van der Waals surface area contributed by atoms with Crippen LogP contribution in [0, 0.1) is 0 Å². The third-order valence-corrected chi connectivity index (χ3v) is 6.14.